The third-order valence-corrected chi connectivity index (χ3v) is 5.03. The molecule has 0 saturated carbocycles. The van der Waals surface area contributed by atoms with E-state index < -0.39 is 0 Å². The van der Waals surface area contributed by atoms with E-state index in [0.29, 0.717) is 42.7 Å². The molecule has 150 valence electrons. The fourth-order valence-corrected chi connectivity index (χ4v) is 3.39. The molecule has 1 aromatic carbocycles. The van der Waals surface area contributed by atoms with Gasteiger partial charge >= 0.3 is 0 Å². The molecule has 8 nitrogen and oxygen atoms in total. The fraction of sp³-hybridized carbons (Fsp3) is 0.333. The van der Waals surface area contributed by atoms with Crippen LogP contribution < -0.4 is 5.32 Å². The number of aromatic nitrogens is 2. The molecule has 29 heavy (non-hydrogen) atoms. The Bertz CT molecular complexity index is 988. The normalized spacial score (nSPS) is 14.7. The number of carbonyl (C=O) groups is 2. The summed E-state index contributed by atoms with van der Waals surface area (Å²) in [5.74, 6) is 1.39. The van der Waals surface area contributed by atoms with Crippen LogP contribution >= 0.6 is 0 Å². The Morgan fingerprint density at radius 2 is 2.03 bits per heavy atom. The van der Waals surface area contributed by atoms with E-state index in [9.17, 15) is 9.59 Å². The highest BCUT2D eigenvalue weighted by Gasteiger charge is 2.29. The van der Waals surface area contributed by atoms with E-state index in [1.807, 2.05) is 24.3 Å². The van der Waals surface area contributed by atoms with Gasteiger partial charge in [0.1, 0.15) is 0 Å². The quantitative estimate of drug-likeness (QED) is 0.708. The fourth-order valence-electron chi connectivity index (χ4n) is 3.39. The van der Waals surface area contributed by atoms with E-state index in [2.05, 4.69) is 15.5 Å². The number of hydrogen-bond donors (Lipinski definition) is 1. The van der Waals surface area contributed by atoms with Gasteiger partial charge in [-0.2, -0.15) is 4.98 Å². The smallest absolute Gasteiger partial charge is 0.289 e. The number of amides is 2. The van der Waals surface area contributed by atoms with Gasteiger partial charge in [-0.3, -0.25) is 9.59 Å². The van der Waals surface area contributed by atoms with E-state index in [-0.39, 0.29) is 17.7 Å². The molecule has 3 heterocycles. The lowest BCUT2D eigenvalue weighted by Crippen LogP contribution is -2.37. The number of nitrogens with one attached hydrogen (secondary N) is 1. The number of benzene rings is 1. The molecule has 1 N–H and O–H groups in total. The standard InChI is InChI=1S/C21H22N4O4/c1-2-18(26)22-16-6-3-5-15(13-16)19-23-20(29-24-19)14-8-10-25(11-9-14)21(27)17-7-4-12-28-17/h3-7,12-14H,2,8-11H2,1H3,(H,22,26). The van der Waals surface area contributed by atoms with Crippen LogP contribution in [-0.2, 0) is 4.79 Å². The Morgan fingerprint density at radius 3 is 2.76 bits per heavy atom. The Hall–Kier alpha value is -3.42. The van der Waals surface area contributed by atoms with Crippen LogP contribution in [0.2, 0.25) is 0 Å². The van der Waals surface area contributed by atoms with E-state index >= 15 is 0 Å². The number of likely N-dealkylation sites (tertiary alicyclic amines) is 1. The molecule has 0 radical (unpaired) electrons. The molecule has 1 aliphatic heterocycles. The molecule has 0 unspecified atom stereocenters. The second-order valence-electron chi connectivity index (χ2n) is 6.98. The zero-order valence-corrected chi connectivity index (χ0v) is 16.1. The van der Waals surface area contributed by atoms with Gasteiger partial charge in [-0.1, -0.05) is 24.2 Å². The number of furan rings is 1. The minimum absolute atomic E-state index is 0.0493. The summed E-state index contributed by atoms with van der Waals surface area (Å²) in [5.41, 5.74) is 1.48. The molecule has 0 atom stereocenters. The van der Waals surface area contributed by atoms with Crippen LogP contribution in [-0.4, -0.2) is 39.9 Å². The first-order valence-electron chi connectivity index (χ1n) is 9.70. The zero-order valence-electron chi connectivity index (χ0n) is 16.1. The first-order valence-corrected chi connectivity index (χ1v) is 9.70. The molecule has 1 saturated heterocycles. The lowest BCUT2D eigenvalue weighted by Gasteiger charge is -2.29. The van der Waals surface area contributed by atoms with Crippen molar-refractivity contribution in [1.82, 2.24) is 15.0 Å². The number of nitrogens with zero attached hydrogens (tertiary/aromatic N) is 3. The predicted octanol–water partition coefficient (Wildman–Crippen LogP) is 3.70. The second-order valence-corrected chi connectivity index (χ2v) is 6.98. The van der Waals surface area contributed by atoms with Gasteiger partial charge in [0, 0.05) is 36.7 Å². The summed E-state index contributed by atoms with van der Waals surface area (Å²) in [6.07, 6.45) is 3.42. The molecule has 1 aliphatic rings. The van der Waals surface area contributed by atoms with Crippen molar-refractivity contribution in [2.24, 2.45) is 0 Å². The van der Waals surface area contributed by atoms with Gasteiger partial charge in [0.05, 0.1) is 6.26 Å². The number of piperidine rings is 1. The summed E-state index contributed by atoms with van der Waals surface area (Å²) < 4.78 is 10.7. The molecule has 8 heteroatoms. The Morgan fingerprint density at radius 1 is 1.21 bits per heavy atom. The summed E-state index contributed by atoms with van der Waals surface area (Å²) >= 11 is 0. The van der Waals surface area contributed by atoms with Gasteiger partial charge in [0.15, 0.2) is 5.76 Å². The topological polar surface area (TPSA) is 101 Å². The van der Waals surface area contributed by atoms with Gasteiger partial charge < -0.3 is 19.2 Å². The van der Waals surface area contributed by atoms with Gasteiger partial charge in [-0.15, -0.1) is 0 Å². The van der Waals surface area contributed by atoms with Crippen LogP contribution in [0.5, 0.6) is 0 Å². The Labute approximate surface area is 167 Å². The highest BCUT2D eigenvalue weighted by molar-refractivity contribution is 5.91. The van der Waals surface area contributed by atoms with E-state index in [4.69, 9.17) is 8.94 Å². The first-order chi connectivity index (χ1) is 14.1. The van der Waals surface area contributed by atoms with Crippen LogP contribution in [0.3, 0.4) is 0 Å². The van der Waals surface area contributed by atoms with E-state index in [1.165, 1.54) is 6.26 Å². The summed E-state index contributed by atoms with van der Waals surface area (Å²) in [6, 6.07) is 10.8. The van der Waals surface area contributed by atoms with E-state index in [0.717, 1.165) is 18.4 Å². The van der Waals surface area contributed by atoms with Crippen molar-refractivity contribution < 1.29 is 18.5 Å². The molecule has 0 bridgehead atoms. The van der Waals surface area contributed by atoms with Crippen LogP contribution in [0, 0.1) is 0 Å². The zero-order chi connectivity index (χ0) is 20.2. The molecule has 4 rings (SSSR count). The lowest BCUT2D eigenvalue weighted by atomic mass is 9.96. The van der Waals surface area contributed by atoms with Crippen LogP contribution in [0.4, 0.5) is 5.69 Å². The first kappa shape index (κ1) is 18.9. The van der Waals surface area contributed by atoms with Crippen molar-refractivity contribution in [3.63, 3.8) is 0 Å². The van der Waals surface area contributed by atoms with Crippen molar-refractivity contribution in [2.75, 3.05) is 18.4 Å². The van der Waals surface area contributed by atoms with Crippen LogP contribution in [0.25, 0.3) is 11.4 Å². The largest absolute Gasteiger partial charge is 0.459 e. The minimum atomic E-state index is -0.0920. The average Bonchev–Trinajstić information content (AvgIpc) is 3.46. The molecule has 2 aromatic heterocycles. The average molecular weight is 394 g/mol. The highest BCUT2D eigenvalue weighted by Crippen LogP contribution is 2.29. The Balaban J connectivity index is 1.40. The molecule has 0 aliphatic carbocycles. The molecule has 1 fully saturated rings. The number of rotatable bonds is 5. The summed E-state index contributed by atoms with van der Waals surface area (Å²) in [7, 11) is 0. The third kappa shape index (κ3) is 4.21. The maximum atomic E-state index is 12.4. The van der Waals surface area contributed by atoms with Crippen molar-refractivity contribution in [3.05, 3.63) is 54.3 Å². The van der Waals surface area contributed by atoms with E-state index in [1.54, 1.807) is 24.0 Å². The summed E-state index contributed by atoms with van der Waals surface area (Å²) in [5, 5.41) is 6.93. The number of anilines is 1. The monoisotopic (exact) mass is 394 g/mol. The van der Waals surface area contributed by atoms with Gasteiger partial charge in [0.2, 0.25) is 17.6 Å². The lowest BCUT2D eigenvalue weighted by molar-refractivity contribution is -0.115. The van der Waals surface area contributed by atoms with Gasteiger partial charge in [-0.05, 0) is 37.1 Å². The van der Waals surface area contributed by atoms with Crippen molar-refractivity contribution >= 4 is 17.5 Å². The Kier molecular flexibility index (Phi) is 5.41. The molecule has 3 aromatic rings. The maximum absolute atomic E-state index is 12.4. The highest BCUT2D eigenvalue weighted by atomic mass is 16.5. The van der Waals surface area contributed by atoms with Crippen molar-refractivity contribution in [3.8, 4) is 11.4 Å². The molecule has 2 amide bonds. The summed E-state index contributed by atoms with van der Waals surface area (Å²) in [4.78, 5) is 30.3. The molecular formula is C21H22N4O4. The minimum Gasteiger partial charge on any atom is -0.459 e. The van der Waals surface area contributed by atoms with Crippen molar-refractivity contribution in [2.45, 2.75) is 32.1 Å². The van der Waals surface area contributed by atoms with Crippen LogP contribution in [0.15, 0.2) is 51.6 Å². The van der Waals surface area contributed by atoms with Gasteiger partial charge in [0.25, 0.3) is 5.91 Å². The predicted molar refractivity (Wildman–Crippen MR) is 105 cm³/mol. The second kappa shape index (κ2) is 8.30. The van der Waals surface area contributed by atoms with Gasteiger partial charge in [-0.25, -0.2) is 0 Å². The third-order valence-electron chi connectivity index (χ3n) is 5.03. The maximum Gasteiger partial charge on any atom is 0.289 e. The number of hydrogen-bond acceptors (Lipinski definition) is 6. The SMILES string of the molecule is CCC(=O)Nc1cccc(-c2noc(C3CCN(C(=O)c4ccco4)CC3)n2)c1. The summed E-state index contributed by atoms with van der Waals surface area (Å²) in [6.45, 7) is 3.03. The van der Waals surface area contributed by atoms with Crippen LogP contribution in [0.1, 0.15) is 48.5 Å². The molecular weight excluding hydrogens is 372 g/mol. The molecule has 0 spiro atoms. The van der Waals surface area contributed by atoms with Crippen molar-refractivity contribution in [1.29, 1.82) is 0 Å². The number of carbonyl (C=O) groups excluding carboxylic acids is 2.